The standard InChI is InChI=1S/C15H27N3S/c1-6-12-7-16-13(15(3,4)5)8-18(12)9-14-17-11(2)10-19-14/h10,12-13,16H,6-9H2,1-5H3. The third-order valence-electron chi connectivity index (χ3n) is 4.05. The molecule has 1 fully saturated rings. The fourth-order valence-corrected chi connectivity index (χ4v) is 3.48. The molecule has 2 rings (SSSR count). The van der Waals surface area contributed by atoms with Crippen LogP contribution in [0.5, 0.6) is 0 Å². The van der Waals surface area contributed by atoms with Gasteiger partial charge in [-0.25, -0.2) is 4.98 Å². The fraction of sp³-hybridized carbons (Fsp3) is 0.800. The van der Waals surface area contributed by atoms with Gasteiger partial charge in [-0.05, 0) is 18.8 Å². The zero-order valence-corrected chi connectivity index (χ0v) is 13.7. The summed E-state index contributed by atoms with van der Waals surface area (Å²) in [5, 5.41) is 7.13. The molecule has 1 aromatic heterocycles. The molecule has 0 saturated carbocycles. The van der Waals surface area contributed by atoms with Crippen molar-refractivity contribution in [1.82, 2.24) is 15.2 Å². The normalized spacial score (nSPS) is 25.7. The first kappa shape index (κ1) is 14.9. The molecule has 1 aliphatic heterocycles. The summed E-state index contributed by atoms with van der Waals surface area (Å²) in [6.07, 6.45) is 1.20. The SMILES string of the molecule is CCC1CNC(C(C)(C)C)CN1Cc1nc(C)cs1. The van der Waals surface area contributed by atoms with Crippen LogP contribution in [0.3, 0.4) is 0 Å². The van der Waals surface area contributed by atoms with Crippen molar-refractivity contribution in [1.29, 1.82) is 0 Å². The summed E-state index contributed by atoms with van der Waals surface area (Å²) in [6.45, 7) is 14.6. The van der Waals surface area contributed by atoms with Crippen molar-refractivity contribution in [3.63, 3.8) is 0 Å². The van der Waals surface area contributed by atoms with E-state index >= 15 is 0 Å². The predicted molar refractivity (Wildman–Crippen MR) is 82.6 cm³/mol. The second-order valence-electron chi connectivity index (χ2n) is 6.70. The highest BCUT2D eigenvalue weighted by atomic mass is 32.1. The van der Waals surface area contributed by atoms with Gasteiger partial charge in [-0.2, -0.15) is 0 Å². The van der Waals surface area contributed by atoms with Crippen molar-refractivity contribution in [2.75, 3.05) is 13.1 Å². The highest BCUT2D eigenvalue weighted by Gasteiger charge is 2.33. The molecule has 108 valence electrons. The molecule has 0 spiro atoms. The maximum absolute atomic E-state index is 4.62. The number of nitrogens with zero attached hydrogens (tertiary/aromatic N) is 2. The van der Waals surface area contributed by atoms with Gasteiger partial charge in [-0.15, -0.1) is 11.3 Å². The van der Waals surface area contributed by atoms with E-state index in [2.05, 4.69) is 55.2 Å². The Labute approximate surface area is 121 Å². The summed E-state index contributed by atoms with van der Waals surface area (Å²) in [5.74, 6) is 0. The average Bonchev–Trinajstić information content (AvgIpc) is 2.73. The molecule has 0 amide bonds. The molecule has 3 nitrogen and oxygen atoms in total. The number of aromatic nitrogens is 1. The van der Waals surface area contributed by atoms with Gasteiger partial charge in [0.1, 0.15) is 5.01 Å². The van der Waals surface area contributed by atoms with Gasteiger partial charge in [0.05, 0.1) is 6.54 Å². The van der Waals surface area contributed by atoms with Gasteiger partial charge >= 0.3 is 0 Å². The van der Waals surface area contributed by atoms with Crippen molar-refractivity contribution in [2.24, 2.45) is 5.41 Å². The van der Waals surface area contributed by atoms with Crippen molar-refractivity contribution in [3.05, 3.63) is 16.1 Å². The number of aryl methyl sites for hydroxylation is 1. The Morgan fingerprint density at radius 3 is 2.74 bits per heavy atom. The van der Waals surface area contributed by atoms with Crippen molar-refractivity contribution in [3.8, 4) is 0 Å². The van der Waals surface area contributed by atoms with E-state index in [1.165, 1.54) is 11.4 Å². The number of rotatable bonds is 3. The lowest BCUT2D eigenvalue weighted by molar-refractivity contribution is 0.0774. The third kappa shape index (κ3) is 3.77. The van der Waals surface area contributed by atoms with Gasteiger partial charge < -0.3 is 5.32 Å². The minimum Gasteiger partial charge on any atom is -0.311 e. The van der Waals surface area contributed by atoms with Crippen LogP contribution in [0.15, 0.2) is 5.38 Å². The molecule has 0 bridgehead atoms. The van der Waals surface area contributed by atoms with Gasteiger partial charge in [0.2, 0.25) is 0 Å². The highest BCUT2D eigenvalue weighted by Crippen LogP contribution is 2.25. The smallest absolute Gasteiger partial charge is 0.107 e. The van der Waals surface area contributed by atoms with Crippen LogP contribution in [0.1, 0.15) is 44.8 Å². The number of hydrogen-bond donors (Lipinski definition) is 1. The molecule has 2 heterocycles. The van der Waals surface area contributed by atoms with Crippen LogP contribution in [-0.2, 0) is 6.54 Å². The topological polar surface area (TPSA) is 28.2 Å². The number of piperazine rings is 1. The Balaban J connectivity index is 2.05. The van der Waals surface area contributed by atoms with Crippen LogP contribution < -0.4 is 5.32 Å². The second-order valence-corrected chi connectivity index (χ2v) is 7.64. The first-order valence-electron chi connectivity index (χ1n) is 7.28. The van der Waals surface area contributed by atoms with Crippen LogP contribution >= 0.6 is 11.3 Å². The Kier molecular flexibility index (Phi) is 4.64. The predicted octanol–water partition coefficient (Wildman–Crippen LogP) is 3.05. The minimum absolute atomic E-state index is 0.315. The van der Waals surface area contributed by atoms with E-state index in [-0.39, 0.29) is 0 Å². The summed E-state index contributed by atoms with van der Waals surface area (Å²) >= 11 is 1.79. The summed E-state index contributed by atoms with van der Waals surface area (Å²) in [4.78, 5) is 7.23. The number of hydrogen-bond acceptors (Lipinski definition) is 4. The van der Waals surface area contributed by atoms with E-state index in [1.807, 2.05) is 0 Å². The molecule has 1 N–H and O–H groups in total. The monoisotopic (exact) mass is 281 g/mol. The van der Waals surface area contributed by atoms with Crippen molar-refractivity contribution >= 4 is 11.3 Å². The molecule has 2 unspecified atom stereocenters. The van der Waals surface area contributed by atoms with E-state index in [4.69, 9.17) is 0 Å². The lowest BCUT2D eigenvalue weighted by Gasteiger charge is -2.44. The summed E-state index contributed by atoms with van der Waals surface area (Å²) < 4.78 is 0. The zero-order valence-electron chi connectivity index (χ0n) is 12.9. The van der Waals surface area contributed by atoms with Crippen LogP contribution in [0.4, 0.5) is 0 Å². The Bertz CT molecular complexity index is 408. The number of thiazole rings is 1. The molecule has 2 atom stereocenters. The van der Waals surface area contributed by atoms with E-state index in [1.54, 1.807) is 11.3 Å². The highest BCUT2D eigenvalue weighted by molar-refractivity contribution is 7.09. The van der Waals surface area contributed by atoms with E-state index in [0.717, 1.165) is 25.3 Å². The number of nitrogens with one attached hydrogen (secondary N) is 1. The van der Waals surface area contributed by atoms with E-state index in [0.29, 0.717) is 17.5 Å². The Hall–Kier alpha value is -0.450. The molecule has 19 heavy (non-hydrogen) atoms. The summed E-state index contributed by atoms with van der Waals surface area (Å²) in [7, 11) is 0. The molecular weight excluding hydrogens is 254 g/mol. The van der Waals surface area contributed by atoms with Crippen LogP contribution in [0.2, 0.25) is 0 Å². The summed E-state index contributed by atoms with van der Waals surface area (Å²) in [5.41, 5.74) is 1.46. The van der Waals surface area contributed by atoms with Crippen LogP contribution in [0, 0.1) is 12.3 Å². The van der Waals surface area contributed by atoms with Gasteiger partial charge in [-0.3, -0.25) is 4.90 Å². The van der Waals surface area contributed by atoms with E-state index < -0.39 is 0 Å². The van der Waals surface area contributed by atoms with Gasteiger partial charge in [0.15, 0.2) is 0 Å². The van der Waals surface area contributed by atoms with Crippen molar-refractivity contribution in [2.45, 2.75) is 59.7 Å². The van der Waals surface area contributed by atoms with Crippen LogP contribution in [0.25, 0.3) is 0 Å². The maximum atomic E-state index is 4.62. The molecule has 0 aliphatic carbocycles. The Morgan fingerprint density at radius 2 is 2.21 bits per heavy atom. The third-order valence-corrected chi connectivity index (χ3v) is 5.01. The first-order chi connectivity index (χ1) is 8.90. The first-order valence-corrected chi connectivity index (χ1v) is 8.16. The van der Waals surface area contributed by atoms with Gasteiger partial charge in [0.25, 0.3) is 0 Å². The average molecular weight is 281 g/mol. The molecule has 0 aromatic carbocycles. The Morgan fingerprint density at radius 1 is 1.47 bits per heavy atom. The van der Waals surface area contributed by atoms with Gasteiger partial charge in [-0.1, -0.05) is 27.7 Å². The molecular formula is C15H27N3S. The zero-order chi connectivity index (χ0) is 14.0. The lowest BCUT2D eigenvalue weighted by atomic mass is 9.84. The largest absolute Gasteiger partial charge is 0.311 e. The molecule has 4 heteroatoms. The lowest BCUT2D eigenvalue weighted by Crippen LogP contribution is -2.59. The maximum Gasteiger partial charge on any atom is 0.107 e. The second kappa shape index (κ2) is 5.90. The minimum atomic E-state index is 0.315. The molecule has 0 radical (unpaired) electrons. The fourth-order valence-electron chi connectivity index (χ4n) is 2.68. The molecule has 1 saturated heterocycles. The quantitative estimate of drug-likeness (QED) is 0.923. The molecule has 1 aromatic rings. The van der Waals surface area contributed by atoms with Gasteiger partial charge in [0, 0.05) is 36.2 Å². The van der Waals surface area contributed by atoms with E-state index in [9.17, 15) is 0 Å². The van der Waals surface area contributed by atoms with Crippen LogP contribution in [-0.4, -0.2) is 35.1 Å². The molecule has 1 aliphatic rings. The summed E-state index contributed by atoms with van der Waals surface area (Å²) in [6, 6.07) is 1.21. The van der Waals surface area contributed by atoms with Crippen molar-refractivity contribution < 1.29 is 0 Å².